The normalized spacial score (nSPS) is 15.7. The Hall–Kier alpha value is -0.660. The van der Waals surface area contributed by atoms with Gasteiger partial charge in [0, 0.05) is 12.8 Å². The van der Waals surface area contributed by atoms with E-state index in [9.17, 15) is 0 Å². The lowest BCUT2D eigenvalue weighted by atomic mass is 9.99. The van der Waals surface area contributed by atoms with Gasteiger partial charge in [0.2, 0.25) is 5.79 Å². The predicted octanol–water partition coefficient (Wildman–Crippen LogP) is 7.09. The van der Waals surface area contributed by atoms with Gasteiger partial charge < -0.3 is 9.47 Å². The Kier molecular flexibility index (Phi) is 11.3. The van der Waals surface area contributed by atoms with Gasteiger partial charge in [-0.2, -0.15) is 0 Å². The van der Waals surface area contributed by atoms with Crippen LogP contribution in [-0.4, -0.2) is 5.79 Å². The molecule has 0 aromatic heterocycles. The molecule has 0 fully saturated rings. The number of unbranched alkanes of at least 4 members (excludes halogenated alkanes) is 11. The molecule has 0 amide bonds. The smallest absolute Gasteiger partial charge is 0.249 e. The Bertz CT molecular complexity index is 265. The molecule has 1 rings (SSSR count). The van der Waals surface area contributed by atoms with Crippen molar-refractivity contribution in [3.63, 3.8) is 0 Å². The van der Waals surface area contributed by atoms with Crippen molar-refractivity contribution in [2.45, 2.75) is 116 Å². The maximum Gasteiger partial charge on any atom is 0.249 e. The van der Waals surface area contributed by atoms with Gasteiger partial charge in [0.25, 0.3) is 0 Å². The molecular weight excluding hydrogens is 272 g/mol. The largest absolute Gasteiger partial charge is 0.457 e. The first-order valence-corrected chi connectivity index (χ1v) is 9.83. The maximum absolute atomic E-state index is 5.80. The Labute approximate surface area is 138 Å². The summed E-state index contributed by atoms with van der Waals surface area (Å²) in [6.07, 6.45) is 22.9. The van der Waals surface area contributed by atoms with Crippen molar-refractivity contribution >= 4 is 0 Å². The number of hydrogen-bond donors (Lipinski definition) is 0. The van der Waals surface area contributed by atoms with Crippen molar-refractivity contribution in [2.24, 2.45) is 0 Å². The van der Waals surface area contributed by atoms with Gasteiger partial charge in [-0.3, -0.25) is 0 Å². The topological polar surface area (TPSA) is 18.5 Å². The summed E-state index contributed by atoms with van der Waals surface area (Å²) in [5, 5.41) is 0. The van der Waals surface area contributed by atoms with Crippen LogP contribution in [0.3, 0.4) is 0 Å². The summed E-state index contributed by atoms with van der Waals surface area (Å²) in [6, 6.07) is 0. The summed E-state index contributed by atoms with van der Waals surface area (Å²) < 4.78 is 11.6. The molecule has 0 radical (unpaired) electrons. The molecule has 0 saturated carbocycles. The lowest BCUT2D eigenvalue weighted by Crippen LogP contribution is -2.29. The van der Waals surface area contributed by atoms with Gasteiger partial charge in [0.15, 0.2) is 0 Å². The number of hydrogen-bond acceptors (Lipinski definition) is 2. The highest BCUT2D eigenvalue weighted by Gasteiger charge is 2.34. The van der Waals surface area contributed by atoms with E-state index in [0.29, 0.717) is 0 Å². The van der Waals surface area contributed by atoms with E-state index in [-0.39, 0.29) is 5.79 Å². The van der Waals surface area contributed by atoms with E-state index < -0.39 is 0 Å². The van der Waals surface area contributed by atoms with Gasteiger partial charge in [-0.05, 0) is 12.8 Å². The summed E-state index contributed by atoms with van der Waals surface area (Å²) in [5.41, 5.74) is 0. The SMILES string of the molecule is CCCCCCCCCCC1(CCCCCCC)OC=CO1. The van der Waals surface area contributed by atoms with E-state index in [2.05, 4.69) is 13.8 Å². The molecule has 1 heterocycles. The van der Waals surface area contributed by atoms with Crippen molar-refractivity contribution in [1.29, 1.82) is 0 Å². The molecule has 0 aliphatic carbocycles. The molecular formula is C20H38O2. The zero-order valence-corrected chi connectivity index (χ0v) is 15.1. The van der Waals surface area contributed by atoms with Crippen LogP contribution in [0.2, 0.25) is 0 Å². The van der Waals surface area contributed by atoms with E-state index in [1.807, 2.05) is 0 Å². The van der Waals surface area contributed by atoms with Crippen molar-refractivity contribution in [1.82, 2.24) is 0 Å². The van der Waals surface area contributed by atoms with Crippen molar-refractivity contribution in [2.75, 3.05) is 0 Å². The summed E-state index contributed by atoms with van der Waals surface area (Å²) in [7, 11) is 0. The van der Waals surface area contributed by atoms with Gasteiger partial charge in [0.1, 0.15) is 12.5 Å². The molecule has 0 bridgehead atoms. The first kappa shape index (κ1) is 19.4. The lowest BCUT2D eigenvalue weighted by Gasteiger charge is -2.28. The standard InChI is InChI=1S/C20H38O2/c1-3-5-7-9-10-11-13-15-17-20(21-18-19-22-20)16-14-12-8-6-4-2/h18-19H,3-17H2,1-2H3. The van der Waals surface area contributed by atoms with E-state index >= 15 is 0 Å². The molecule has 22 heavy (non-hydrogen) atoms. The zero-order chi connectivity index (χ0) is 15.9. The van der Waals surface area contributed by atoms with Crippen LogP contribution in [0.1, 0.15) is 110 Å². The number of rotatable bonds is 15. The molecule has 2 nitrogen and oxygen atoms in total. The van der Waals surface area contributed by atoms with E-state index in [0.717, 1.165) is 12.8 Å². The van der Waals surface area contributed by atoms with Crippen LogP contribution in [-0.2, 0) is 9.47 Å². The van der Waals surface area contributed by atoms with Crippen LogP contribution in [0.4, 0.5) is 0 Å². The van der Waals surface area contributed by atoms with Gasteiger partial charge >= 0.3 is 0 Å². The Morgan fingerprint density at radius 2 is 0.909 bits per heavy atom. The molecule has 1 aliphatic rings. The first-order valence-electron chi connectivity index (χ1n) is 9.83. The van der Waals surface area contributed by atoms with Crippen LogP contribution in [0, 0.1) is 0 Å². The van der Waals surface area contributed by atoms with Crippen LogP contribution in [0.5, 0.6) is 0 Å². The van der Waals surface area contributed by atoms with E-state index in [4.69, 9.17) is 9.47 Å². The average Bonchev–Trinajstić information content (AvgIpc) is 2.99. The van der Waals surface area contributed by atoms with Crippen molar-refractivity contribution < 1.29 is 9.47 Å². The molecule has 0 saturated heterocycles. The van der Waals surface area contributed by atoms with Crippen LogP contribution in [0.25, 0.3) is 0 Å². The van der Waals surface area contributed by atoms with Gasteiger partial charge in [0.05, 0.1) is 0 Å². The van der Waals surface area contributed by atoms with Gasteiger partial charge in [-0.15, -0.1) is 0 Å². The minimum Gasteiger partial charge on any atom is -0.457 e. The van der Waals surface area contributed by atoms with Crippen molar-refractivity contribution in [3.05, 3.63) is 12.5 Å². The van der Waals surface area contributed by atoms with Gasteiger partial charge in [-0.25, -0.2) is 0 Å². The molecule has 1 aliphatic heterocycles. The highest BCUT2D eigenvalue weighted by atomic mass is 16.7. The minimum atomic E-state index is -0.325. The highest BCUT2D eigenvalue weighted by molar-refractivity contribution is 4.83. The Balaban J connectivity index is 2.05. The fourth-order valence-corrected chi connectivity index (χ4v) is 3.22. The highest BCUT2D eigenvalue weighted by Crippen LogP contribution is 2.32. The molecule has 130 valence electrons. The zero-order valence-electron chi connectivity index (χ0n) is 15.1. The monoisotopic (exact) mass is 310 g/mol. The molecule has 0 aromatic carbocycles. The Morgan fingerprint density at radius 1 is 0.545 bits per heavy atom. The summed E-state index contributed by atoms with van der Waals surface area (Å²) in [4.78, 5) is 0. The van der Waals surface area contributed by atoms with Crippen LogP contribution >= 0.6 is 0 Å². The van der Waals surface area contributed by atoms with Gasteiger partial charge in [-0.1, -0.05) is 84.5 Å². The number of ether oxygens (including phenoxy) is 2. The average molecular weight is 311 g/mol. The third-order valence-electron chi connectivity index (χ3n) is 4.69. The summed E-state index contributed by atoms with van der Waals surface area (Å²) >= 11 is 0. The van der Waals surface area contributed by atoms with E-state index in [1.165, 1.54) is 83.5 Å². The lowest BCUT2D eigenvalue weighted by molar-refractivity contribution is -0.153. The van der Waals surface area contributed by atoms with E-state index in [1.54, 1.807) is 12.5 Å². The molecule has 0 aromatic rings. The predicted molar refractivity (Wildman–Crippen MR) is 94.6 cm³/mol. The van der Waals surface area contributed by atoms with Crippen molar-refractivity contribution in [3.8, 4) is 0 Å². The molecule has 0 atom stereocenters. The molecule has 0 N–H and O–H groups in total. The second-order valence-corrected chi connectivity index (χ2v) is 6.81. The third-order valence-corrected chi connectivity index (χ3v) is 4.69. The van der Waals surface area contributed by atoms with Crippen LogP contribution in [0.15, 0.2) is 12.5 Å². The molecule has 0 spiro atoms. The minimum absolute atomic E-state index is 0.325. The molecule has 2 heteroatoms. The molecule has 0 unspecified atom stereocenters. The van der Waals surface area contributed by atoms with Crippen LogP contribution < -0.4 is 0 Å². The second kappa shape index (κ2) is 12.8. The quantitative estimate of drug-likeness (QED) is 0.300. The second-order valence-electron chi connectivity index (χ2n) is 6.81. The fraction of sp³-hybridized carbons (Fsp3) is 0.900. The maximum atomic E-state index is 5.80. The fourth-order valence-electron chi connectivity index (χ4n) is 3.22. The summed E-state index contributed by atoms with van der Waals surface area (Å²) in [5.74, 6) is -0.325. The summed E-state index contributed by atoms with van der Waals surface area (Å²) in [6.45, 7) is 4.54. The first-order chi connectivity index (χ1) is 10.8. The third kappa shape index (κ3) is 8.70. The Morgan fingerprint density at radius 3 is 1.32 bits per heavy atom.